The zero-order valence-corrected chi connectivity index (χ0v) is 15.0. The van der Waals surface area contributed by atoms with Crippen molar-refractivity contribution in [2.24, 2.45) is 0 Å². The molecule has 0 N–H and O–H groups in total. The highest BCUT2D eigenvalue weighted by molar-refractivity contribution is 5.55. The average molecular weight is 318 g/mol. The lowest BCUT2D eigenvalue weighted by molar-refractivity contribution is 0.647. The molecule has 0 spiro atoms. The van der Waals surface area contributed by atoms with E-state index in [1.165, 1.54) is 22.5 Å². The molecule has 3 rings (SSSR count). The molecular formula is C22H26N2. The van der Waals surface area contributed by atoms with E-state index in [4.69, 9.17) is 0 Å². The van der Waals surface area contributed by atoms with Gasteiger partial charge in [-0.15, -0.1) is 0 Å². The fraction of sp³-hybridized carbons (Fsp3) is 0.273. The average Bonchev–Trinajstić information content (AvgIpc) is 2.62. The summed E-state index contributed by atoms with van der Waals surface area (Å²) in [6.07, 6.45) is 9.90. The van der Waals surface area contributed by atoms with Crippen LogP contribution in [0.25, 0.3) is 0 Å². The maximum atomic E-state index is 2.34. The molecule has 0 radical (unpaired) electrons. The summed E-state index contributed by atoms with van der Waals surface area (Å²) in [5, 5.41) is 0. The van der Waals surface area contributed by atoms with Crippen LogP contribution in [-0.2, 0) is 5.41 Å². The Bertz CT molecular complexity index is 683. The number of anilines is 2. The van der Waals surface area contributed by atoms with Gasteiger partial charge in [-0.2, -0.15) is 0 Å². The highest BCUT2D eigenvalue weighted by Gasteiger charge is 2.31. The van der Waals surface area contributed by atoms with Gasteiger partial charge in [0.15, 0.2) is 0 Å². The zero-order valence-electron chi connectivity index (χ0n) is 15.0. The lowest BCUT2D eigenvalue weighted by Crippen LogP contribution is -2.26. The zero-order chi connectivity index (χ0) is 17.2. The highest BCUT2D eigenvalue weighted by atomic mass is 15.1. The molecule has 0 heterocycles. The molecule has 0 aromatic heterocycles. The summed E-state index contributed by atoms with van der Waals surface area (Å²) >= 11 is 0. The number of benzene rings is 2. The van der Waals surface area contributed by atoms with Crippen molar-refractivity contribution in [1.29, 1.82) is 0 Å². The van der Waals surface area contributed by atoms with Gasteiger partial charge in [-0.3, -0.25) is 0 Å². The Morgan fingerprint density at radius 2 is 1.12 bits per heavy atom. The highest BCUT2D eigenvalue weighted by Crippen LogP contribution is 2.40. The Morgan fingerprint density at radius 3 is 1.46 bits per heavy atom. The smallest absolute Gasteiger partial charge is 0.0419 e. The minimum Gasteiger partial charge on any atom is -0.378 e. The van der Waals surface area contributed by atoms with Gasteiger partial charge in [0.2, 0.25) is 0 Å². The van der Waals surface area contributed by atoms with E-state index in [-0.39, 0.29) is 5.41 Å². The summed E-state index contributed by atoms with van der Waals surface area (Å²) in [6, 6.07) is 17.9. The number of hydrogen-bond acceptors (Lipinski definition) is 2. The van der Waals surface area contributed by atoms with Crippen LogP contribution in [0.4, 0.5) is 11.4 Å². The molecule has 0 saturated heterocycles. The van der Waals surface area contributed by atoms with Crippen LogP contribution in [-0.4, -0.2) is 28.2 Å². The molecule has 2 nitrogen and oxygen atoms in total. The summed E-state index contributed by atoms with van der Waals surface area (Å²) in [5.41, 5.74) is 5.06. The number of nitrogens with zero attached hydrogens (tertiary/aromatic N) is 2. The van der Waals surface area contributed by atoms with Crippen LogP contribution in [0.5, 0.6) is 0 Å². The van der Waals surface area contributed by atoms with Gasteiger partial charge in [-0.25, -0.2) is 0 Å². The molecule has 0 aliphatic heterocycles. The van der Waals surface area contributed by atoms with Crippen LogP contribution < -0.4 is 9.80 Å². The standard InChI is InChI=1S/C22H26N2/c1-23(2)20-12-8-18(9-13-20)22(16-6-5-7-17-22)19-10-14-21(15-11-19)24(3)4/h5-16H,17H2,1-4H3. The van der Waals surface area contributed by atoms with Crippen molar-refractivity contribution in [3.05, 3.63) is 84.0 Å². The van der Waals surface area contributed by atoms with Crippen LogP contribution >= 0.6 is 0 Å². The van der Waals surface area contributed by atoms with Crippen LogP contribution in [0, 0.1) is 0 Å². The normalized spacial score (nSPS) is 15.3. The summed E-state index contributed by atoms with van der Waals surface area (Å²) in [5.74, 6) is 0. The van der Waals surface area contributed by atoms with Gasteiger partial charge in [-0.05, 0) is 41.8 Å². The predicted molar refractivity (Wildman–Crippen MR) is 105 cm³/mol. The Morgan fingerprint density at radius 1 is 0.667 bits per heavy atom. The van der Waals surface area contributed by atoms with E-state index in [1.807, 2.05) is 0 Å². The molecule has 0 atom stereocenters. The first-order valence-corrected chi connectivity index (χ1v) is 8.43. The van der Waals surface area contributed by atoms with E-state index < -0.39 is 0 Å². The van der Waals surface area contributed by atoms with Gasteiger partial charge in [0, 0.05) is 45.0 Å². The summed E-state index contributed by atoms with van der Waals surface area (Å²) in [4.78, 5) is 4.28. The third-order valence-electron chi connectivity index (χ3n) is 4.87. The Hall–Kier alpha value is -2.48. The van der Waals surface area contributed by atoms with Gasteiger partial charge >= 0.3 is 0 Å². The lowest BCUT2D eigenvalue weighted by atomic mass is 9.70. The molecule has 0 amide bonds. The summed E-state index contributed by atoms with van der Waals surface area (Å²) in [6.45, 7) is 0. The van der Waals surface area contributed by atoms with Crippen LogP contribution in [0.15, 0.2) is 72.8 Å². The van der Waals surface area contributed by atoms with E-state index in [9.17, 15) is 0 Å². The van der Waals surface area contributed by atoms with Crippen molar-refractivity contribution in [3.63, 3.8) is 0 Å². The molecule has 0 fully saturated rings. The predicted octanol–water partition coefficient (Wildman–Crippen LogP) is 4.62. The second kappa shape index (κ2) is 6.56. The van der Waals surface area contributed by atoms with Crippen molar-refractivity contribution in [2.75, 3.05) is 38.0 Å². The van der Waals surface area contributed by atoms with Gasteiger partial charge in [0.25, 0.3) is 0 Å². The first-order valence-electron chi connectivity index (χ1n) is 8.43. The summed E-state index contributed by atoms with van der Waals surface area (Å²) < 4.78 is 0. The Labute approximate surface area is 145 Å². The van der Waals surface area contributed by atoms with Crippen molar-refractivity contribution in [2.45, 2.75) is 11.8 Å². The SMILES string of the molecule is CN(C)c1ccc(C2(c3ccc(N(C)C)cc3)C=CC=CC2)cc1. The largest absolute Gasteiger partial charge is 0.378 e. The van der Waals surface area contributed by atoms with Crippen molar-refractivity contribution >= 4 is 11.4 Å². The van der Waals surface area contributed by atoms with E-state index in [2.05, 4.69) is 111 Å². The van der Waals surface area contributed by atoms with E-state index in [1.54, 1.807) is 0 Å². The molecule has 1 aliphatic carbocycles. The van der Waals surface area contributed by atoms with Crippen LogP contribution in [0.1, 0.15) is 17.5 Å². The van der Waals surface area contributed by atoms with Gasteiger partial charge < -0.3 is 9.80 Å². The van der Waals surface area contributed by atoms with E-state index >= 15 is 0 Å². The first kappa shape index (κ1) is 16.4. The van der Waals surface area contributed by atoms with Crippen molar-refractivity contribution in [3.8, 4) is 0 Å². The Balaban J connectivity index is 2.05. The Kier molecular flexibility index (Phi) is 4.48. The molecule has 2 heteroatoms. The third-order valence-corrected chi connectivity index (χ3v) is 4.87. The molecule has 2 aromatic carbocycles. The van der Waals surface area contributed by atoms with Gasteiger partial charge in [0.1, 0.15) is 0 Å². The lowest BCUT2D eigenvalue weighted by Gasteiger charge is -2.33. The summed E-state index contributed by atoms with van der Waals surface area (Å²) in [7, 11) is 8.31. The fourth-order valence-corrected chi connectivity index (χ4v) is 3.33. The molecule has 1 aliphatic rings. The molecule has 0 saturated carbocycles. The second-order valence-electron chi connectivity index (χ2n) is 6.85. The quantitative estimate of drug-likeness (QED) is 0.811. The molecule has 2 aromatic rings. The first-order chi connectivity index (χ1) is 11.5. The van der Waals surface area contributed by atoms with E-state index in [0.29, 0.717) is 0 Å². The van der Waals surface area contributed by atoms with Gasteiger partial charge in [-0.1, -0.05) is 48.6 Å². The van der Waals surface area contributed by atoms with Crippen LogP contribution in [0.3, 0.4) is 0 Å². The minimum absolute atomic E-state index is 0.0789. The molecule has 24 heavy (non-hydrogen) atoms. The molecule has 0 bridgehead atoms. The monoisotopic (exact) mass is 318 g/mol. The molecular weight excluding hydrogens is 292 g/mol. The van der Waals surface area contributed by atoms with Crippen LogP contribution in [0.2, 0.25) is 0 Å². The maximum Gasteiger partial charge on any atom is 0.0419 e. The van der Waals surface area contributed by atoms with Crippen molar-refractivity contribution in [1.82, 2.24) is 0 Å². The minimum atomic E-state index is -0.0789. The number of allylic oxidation sites excluding steroid dienone is 4. The maximum absolute atomic E-state index is 2.34. The van der Waals surface area contributed by atoms with Crippen molar-refractivity contribution < 1.29 is 0 Å². The van der Waals surface area contributed by atoms with Gasteiger partial charge in [0.05, 0.1) is 0 Å². The third kappa shape index (κ3) is 2.96. The molecule has 0 unspecified atom stereocenters. The molecule has 124 valence electrons. The number of hydrogen-bond donors (Lipinski definition) is 0. The topological polar surface area (TPSA) is 6.48 Å². The second-order valence-corrected chi connectivity index (χ2v) is 6.85. The fourth-order valence-electron chi connectivity index (χ4n) is 3.33. The van der Waals surface area contributed by atoms with E-state index in [0.717, 1.165) is 6.42 Å². The number of rotatable bonds is 4.